The maximum absolute atomic E-state index is 11.3. The highest BCUT2D eigenvalue weighted by Crippen LogP contribution is 2.37. The molecule has 0 radical (unpaired) electrons. The topological polar surface area (TPSA) is 17.1 Å². The molecule has 0 aromatic carbocycles. The van der Waals surface area contributed by atoms with Crippen molar-refractivity contribution in [3.05, 3.63) is 0 Å². The van der Waals surface area contributed by atoms with Crippen molar-refractivity contribution in [2.45, 2.75) is 60.8 Å². The number of carbonyl (C=O) groups excluding carboxylic acids is 1. The lowest BCUT2D eigenvalue weighted by Crippen LogP contribution is -2.28. The van der Waals surface area contributed by atoms with E-state index < -0.39 is 0 Å². The molecule has 1 heteroatoms. The first kappa shape index (κ1) is 12.7. The molecule has 0 N–H and O–H groups in total. The quantitative estimate of drug-likeness (QED) is 0.635. The van der Waals surface area contributed by atoms with Gasteiger partial charge in [0.1, 0.15) is 5.78 Å². The minimum atomic E-state index is -0.154. The Morgan fingerprint density at radius 1 is 1.15 bits per heavy atom. The van der Waals surface area contributed by atoms with Crippen molar-refractivity contribution >= 4 is 5.78 Å². The van der Waals surface area contributed by atoms with Crippen LogP contribution < -0.4 is 0 Å². The summed E-state index contributed by atoms with van der Waals surface area (Å²) in [7, 11) is 0. The molecule has 0 aromatic rings. The summed E-state index contributed by atoms with van der Waals surface area (Å²) < 4.78 is 0. The first-order chi connectivity index (χ1) is 5.71. The van der Waals surface area contributed by atoms with E-state index in [9.17, 15) is 4.79 Å². The summed E-state index contributed by atoms with van der Waals surface area (Å²) in [6, 6.07) is 0. The summed E-state index contributed by atoms with van der Waals surface area (Å²) in [6.07, 6.45) is 3.38. The Morgan fingerprint density at radius 2 is 1.62 bits per heavy atom. The highest BCUT2D eigenvalue weighted by molar-refractivity contribution is 5.81. The van der Waals surface area contributed by atoms with E-state index in [-0.39, 0.29) is 5.41 Å². The third-order valence-corrected chi connectivity index (χ3v) is 2.80. The monoisotopic (exact) mass is 184 g/mol. The summed E-state index contributed by atoms with van der Waals surface area (Å²) in [5.41, 5.74) is 0.141. The second kappa shape index (κ2) is 4.26. The van der Waals surface area contributed by atoms with Gasteiger partial charge in [-0.1, -0.05) is 41.0 Å². The number of ketones is 1. The molecule has 0 aliphatic rings. The van der Waals surface area contributed by atoms with Gasteiger partial charge in [-0.3, -0.25) is 4.79 Å². The van der Waals surface area contributed by atoms with Crippen LogP contribution in [-0.4, -0.2) is 5.78 Å². The van der Waals surface area contributed by atoms with E-state index in [1.165, 1.54) is 12.8 Å². The summed E-state index contributed by atoms with van der Waals surface area (Å²) in [5, 5.41) is 0. The predicted octanol–water partition coefficient (Wildman–Crippen LogP) is 3.82. The molecule has 0 atom stereocenters. The van der Waals surface area contributed by atoms with E-state index in [0.717, 1.165) is 6.42 Å². The van der Waals surface area contributed by atoms with Gasteiger partial charge in [0.05, 0.1) is 0 Å². The molecule has 0 heterocycles. The van der Waals surface area contributed by atoms with Crippen molar-refractivity contribution in [3.63, 3.8) is 0 Å². The second-order valence-corrected chi connectivity index (χ2v) is 5.53. The summed E-state index contributed by atoms with van der Waals surface area (Å²) in [4.78, 5) is 11.3. The van der Waals surface area contributed by atoms with E-state index in [4.69, 9.17) is 0 Å². The van der Waals surface area contributed by atoms with E-state index in [1.807, 2.05) is 13.8 Å². The van der Waals surface area contributed by atoms with Gasteiger partial charge in [0.15, 0.2) is 0 Å². The number of rotatable bonds is 5. The Morgan fingerprint density at radius 3 is 1.92 bits per heavy atom. The highest BCUT2D eigenvalue weighted by Gasteiger charge is 2.31. The van der Waals surface area contributed by atoms with Crippen LogP contribution >= 0.6 is 0 Å². The standard InChI is InChI=1S/C12H24O/c1-7-8-11(3,4)9-12(5,6)10(2)13/h7-9H2,1-6H3. The Hall–Kier alpha value is -0.330. The number of hydrogen-bond donors (Lipinski definition) is 0. The van der Waals surface area contributed by atoms with Gasteiger partial charge in [-0.05, 0) is 25.2 Å². The van der Waals surface area contributed by atoms with Crippen LogP contribution in [0.1, 0.15) is 60.8 Å². The van der Waals surface area contributed by atoms with Crippen LogP contribution in [0.4, 0.5) is 0 Å². The first-order valence-electron chi connectivity index (χ1n) is 5.22. The number of hydrogen-bond acceptors (Lipinski definition) is 1. The minimum Gasteiger partial charge on any atom is -0.299 e. The van der Waals surface area contributed by atoms with Crippen molar-refractivity contribution in [1.82, 2.24) is 0 Å². The SMILES string of the molecule is CCCC(C)(C)CC(C)(C)C(C)=O. The summed E-state index contributed by atoms with van der Waals surface area (Å²) in [5.74, 6) is 0.302. The van der Waals surface area contributed by atoms with Crippen LogP contribution in [0.2, 0.25) is 0 Å². The van der Waals surface area contributed by atoms with Gasteiger partial charge in [0.25, 0.3) is 0 Å². The van der Waals surface area contributed by atoms with Gasteiger partial charge in [-0.25, -0.2) is 0 Å². The molecule has 0 aliphatic carbocycles. The van der Waals surface area contributed by atoms with Crippen LogP contribution in [-0.2, 0) is 4.79 Å². The van der Waals surface area contributed by atoms with Crippen LogP contribution in [0, 0.1) is 10.8 Å². The molecule has 1 nitrogen and oxygen atoms in total. The van der Waals surface area contributed by atoms with Gasteiger partial charge in [-0.15, -0.1) is 0 Å². The normalized spacial score (nSPS) is 13.1. The predicted molar refractivity (Wildman–Crippen MR) is 57.8 cm³/mol. The molecule has 0 unspecified atom stereocenters. The molecular formula is C12H24O. The lowest BCUT2D eigenvalue weighted by molar-refractivity contribution is -0.126. The Labute approximate surface area is 82.9 Å². The van der Waals surface area contributed by atoms with Crippen molar-refractivity contribution in [2.24, 2.45) is 10.8 Å². The molecule has 0 amide bonds. The first-order valence-corrected chi connectivity index (χ1v) is 5.22. The van der Waals surface area contributed by atoms with Crippen LogP contribution in [0.25, 0.3) is 0 Å². The average Bonchev–Trinajstić information content (AvgIpc) is 1.83. The zero-order valence-corrected chi connectivity index (χ0v) is 10.0. The van der Waals surface area contributed by atoms with Crippen molar-refractivity contribution < 1.29 is 4.79 Å². The van der Waals surface area contributed by atoms with Gasteiger partial charge in [0, 0.05) is 5.41 Å². The molecule has 0 aliphatic heterocycles. The summed E-state index contributed by atoms with van der Waals surface area (Å²) >= 11 is 0. The Balaban J connectivity index is 4.33. The molecule has 0 aromatic heterocycles. The summed E-state index contributed by atoms with van der Waals surface area (Å²) in [6.45, 7) is 12.5. The van der Waals surface area contributed by atoms with Crippen LogP contribution in [0.5, 0.6) is 0 Å². The fourth-order valence-corrected chi connectivity index (χ4v) is 2.09. The van der Waals surface area contributed by atoms with E-state index >= 15 is 0 Å². The van der Waals surface area contributed by atoms with Gasteiger partial charge in [-0.2, -0.15) is 0 Å². The lowest BCUT2D eigenvalue weighted by Gasteiger charge is -2.33. The smallest absolute Gasteiger partial charge is 0.135 e. The fourth-order valence-electron chi connectivity index (χ4n) is 2.09. The third-order valence-electron chi connectivity index (χ3n) is 2.80. The molecule has 0 saturated carbocycles. The second-order valence-electron chi connectivity index (χ2n) is 5.53. The maximum Gasteiger partial charge on any atom is 0.135 e. The van der Waals surface area contributed by atoms with Crippen LogP contribution in [0.15, 0.2) is 0 Å². The average molecular weight is 184 g/mol. The van der Waals surface area contributed by atoms with E-state index in [0.29, 0.717) is 11.2 Å². The van der Waals surface area contributed by atoms with Crippen LogP contribution in [0.3, 0.4) is 0 Å². The van der Waals surface area contributed by atoms with Gasteiger partial charge in [0.2, 0.25) is 0 Å². The molecule has 0 saturated heterocycles. The molecular weight excluding hydrogens is 160 g/mol. The highest BCUT2D eigenvalue weighted by atomic mass is 16.1. The lowest BCUT2D eigenvalue weighted by atomic mass is 9.71. The minimum absolute atomic E-state index is 0.154. The molecule has 0 fully saturated rings. The van der Waals surface area contributed by atoms with Crippen molar-refractivity contribution in [2.75, 3.05) is 0 Å². The molecule has 0 rings (SSSR count). The number of Topliss-reactive ketones (excluding diaryl/α,β-unsaturated/α-hetero) is 1. The Bertz CT molecular complexity index is 178. The third kappa shape index (κ3) is 4.44. The van der Waals surface area contributed by atoms with E-state index in [2.05, 4.69) is 20.8 Å². The molecule has 0 bridgehead atoms. The van der Waals surface area contributed by atoms with Gasteiger partial charge < -0.3 is 0 Å². The maximum atomic E-state index is 11.3. The van der Waals surface area contributed by atoms with Crippen molar-refractivity contribution in [1.29, 1.82) is 0 Å². The zero-order valence-electron chi connectivity index (χ0n) is 10.0. The van der Waals surface area contributed by atoms with Crippen molar-refractivity contribution in [3.8, 4) is 0 Å². The molecule has 13 heavy (non-hydrogen) atoms. The fraction of sp³-hybridized carbons (Fsp3) is 0.917. The van der Waals surface area contributed by atoms with Gasteiger partial charge >= 0.3 is 0 Å². The van der Waals surface area contributed by atoms with E-state index in [1.54, 1.807) is 6.92 Å². The molecule has 78 valence electrons. The Kier molecular flexibility index (Phi) is 4.15. The largest absolute Gasteiger partial charge is 0.299 e. The number of carbonyl (C=O) groups is 1. The molecule has 0 spiro atoms. The zero-order chi connectivity index (χ0) is 10.7.